The fraction of sp³-hybridized carbons (Fsp3) is 0.478. The number of amides is 3. The van der Waals surface area contributed by atoms with Crippen LogP contribution < -0.4 is 16.4 Å². The predicted molar refractivity (Wildman–Crippen MR) is 119 cm³/mol. The predicted octanol–water partition coefficient (Wildman–Crippen LogP) is 2.62. The lowest BCUT2D eigenvalue weighted by Gasteiger charge is -2.23. The van der Waals surface area contributed by atoms with Gasteiger partial charge in [-0.2, -0.15) is 0 Å². The lowest BCUT2D eigenvalue weighted by atomic mass is 10.1. The molecule has 0 bridgehead atoms. The van der Waals surface area contributed by atoms with E-state index in [0.29, 0.717) is 12.8 Å². The summed E-state index contributed by atoms with van der Waals surface area (Å²) >= 11 is 0. The molecule has 0 radical (unpaired) electrons. The van der Waals surface area contributed by atoms with Gasteiger partial charge in [-0.15, -0.1) is 0 Å². The van der Waals surface area contributed by atoms with Crippen molar-refractivity contribution in [2.75, 3.05) is 12.4 Å². The number of primary amides is 1. The molecule has 0 heterocycles. The number of hydrogen-bond acceptors (Lipinski definition) is 6. The summed E-state index contributed by atoms with van der Waals surface area (Å²) in [6.45, 7) is 4.97. The topological polar surface area (TPSA) is 137 Å². The molecular formula is C23H30FN3O6. The standard InChI is InChI=1S/C23H30FN3O6/c1-23(2,3)33-22(31)27-17(13-14-18(25)28)21(30)26-16-11-8-10-15(20(16)24)9-6-5-7-12-19(29)32-4/h8,10-11,17H,5,7,12-14H2,1-4H3,(H2,25,28)(H,26,30)(H,27,31)/t17-/m0/s1. The van der Waals surface area contributed by atoms with E-state index in [-0.39, 0.29) is 36.5 Å². The number of alkyl carbamates (subject to hydrolysis) is 1. The van der Waals surface area contributed by atoms with E-state index in [1.54, 1.807) is 20.8 Å². The van der Waals surface area contributed by atoms with Crippen LogP contribution in [0.15, 0.2) is 18.2 Å². The van der Waals surface area contributed by atoms with E-state index in [0.717, 1.165) is 0 Å². The quantitative estimate of drug-likeness (QED) is 0.293. The molecule has 0 aromatic heterocycles. The van der Waals surface area contributed by atoms with Crippen molar-refractivity contribution in [3.63, 3.8) is 0 Å². The highest BCUT2D eigenvalue weighted by Gasteiger charge is 2.25. The number of benzene rings is 1. The fourth-order valence-electron chi connectivity index (χ4n) is 2.53. The van der Waals surface area contributed by atoms with E-state index in [4.69, 9.17) is 10.5 Å². The summed E-state index contributed by atoms with van der Waals surface area (Å²) in [4.78, 5) is 47.0. The smallest absolute Gasteiger partial charge is 0.408 e. The Morgan fingerprint density at radius 3 is 2.48 bits per heavy atom. The third-order valence-electron chi connectivity index (χ3n) is 4.08. The summed E-state index contributed by atoms with van der Waals surface area (Å²) in [7, 11) is 1.30. The summed E-state index contributed by atoms with van der Waals surface area (Å²) in [6, 6.07) is 3.12. The Morgan fingerprint density at radius 1 is 1.18 bits per heavy atom. The number of carbonyl (C=O) groups excluding carboxylic acids is 4. The van der Waals surface area contributed by atoms with Gasteiger partial charge < -0.3 is 25.8 Å². The zero-order valence-corrected chi connectivity index (χ0v) is 19.2. The summed E-state index contributed by atoms with van der Waals surface area (Å²) < 4.78 is 24.5. The van der Waals surface area contributed by atoms with Crippen molar-refractivity contribution in [3.05, 3.63) is 29.6 Å². The molecule has 9 nitrogen and oxygen atoms in total. The van der Waals surface area contributed by atoms with Crippen LogP contribution in [0.4, 0.5) is 14.9 Å². The van der Waals surface area contributed by atoms with Crippen LogP contribution in [0.1, 0.15) is 58.4 Å². The maximum atomic E-state index is 14.8. The maximum Gasteiger partial charge on any atom is 0.408 e. The Bertz CT molecular complexity index is 930. The Balaban J connectivity index is 2.89. The lowest BCUT2D eigenvalue weighted by Crippen LogP contribution is -2.46. The van der Waals surface area contributed by atoms with E-state index in [1.165, 1.54) is 25.3 Å². The van der Waals surface area contributed by atoms with Gasteiger partial charge in [-0.3, -0.25) is 14.4 Å². The number of anilines is 1. The average Bonchev–Trinajstić information content (AvgIpc) is 2.71. The second kappa shape index (κ2) is 13.1. The number of rotatable bonds is 9. The van der Waals surface area contributed by atoms with Crippen LogP contribution in [-0.2, 0) is 23.9 Å². The van der Waals surface area contributed by atoms with Gasteiger partial charge in [0.25, 0.3) is 0 Å². The number of halogens is 1. The molecule has 0 spiro atoms. The first-order valence-electron chi connectivity index (χ1n) is 10.4. The van der Waals surface area contributed by atoms with Crippen LogP contribution in [0.3, 0.4) is 0 Å². The van der Waals surface area contributed by atoms with Crippen LogP contribution in [0.5, 0.6) is 0 Å². The van der Waals surface area contributed by atoms with Crippen molar-refractivity contribution in [2.45, 2.75) is 64.5 Å². The van der Waals surface area contributed by atoms with Crippen molar-refractivity contribution < 1.29 is 33.0 Å². The SMILES string of the molecule is COC(=O)CCCC#Cc1cccc(NC(=O)[C@H](CCC(N)=O)NC(=O)OC(C)(C)C)c1F. The molecule has 180 valence electrons. The van der Waals surface area contributed by atoms with E-state index < -0.39 is 35.4 Å². The number of nitrogens with one attached hydrogen (secondary N) is 2. The normalized spacial score (nSPS) is 11.4. The molecule has 1 atom stereocenters. The molecule has 0 saturated heterocycles. The first kappa shape index (κ1) is 27.4. The molecule has 0 unspecified atom stereocenters. The Labute approximate surface area is 192 Å². The summed E-state index contributed by atoms with van der Waals surface area (Å²) in [5, 5.41) is 4.78. The lowest BCUT2D eigenvalue weighted by molar-refractivity contribution is -0.140. The molecule has 0 aliphatic heterocycles. The molecular weight excluding hydrogens is 433 g/mol. The van der Waals surface area contributed by atoms with Crippen molar-refractivity contribution in [1.29, 1.82) is 0 Å². The Kier molecular flexibility index (Phi) is 10.8. The summed E-state index contributed by atoms with van der Waals surface area (Å²) in [5.41, 5.74) is 4.26. The van der Waals surface area contributed by atoms with Crippen LogP contribution >= 0.6 is 0 Å². The molecule has 1 aromatic carbocycles. The van der Waals surface area contributed by atoms with Gasteiger partial charge in [0.05, 0.1) is 18.4 Å². The number of ether oxygens (including phenoxy) is 2. The van der Waals surface area contributed by atoms with E-state index in [9.17, 15) is 23.6 Å². The van der Waals surface area contributed by atoms with E-state index >= 15 is 0 Å². The third-order valence-corrected chi connectivity index (χ3v) is 4.08. The highest BCUT2D eigenvalue weighted by Crippen LogP contribution is 2.18. The minimum atomic E-state index is -1.18. The van der Waals surface area contributed by atoms with Crippen LogP contribution in [0.2, 0.25) is 0 Å². The second-order valence-electron chi connectivity index (χ2n) is 8.09. The molecule has 0 aliphatic rings. The van der Waals surface area contributed by atoms with Crippen molar-refractivity contribution in [1.82, 2.24) is 5.32 Å². The highest BCUT2D eigenvalue weighted by atomic mass is 19.1. The molecule has 1 aromatic rings. The molecule has 4 N–H and O–H groups in total. The largest absolute Gasteiger partial charge is 0.469 e. The zero-order valence-electron chi connectivity index (χ0n) is 19.2. The van der Waals surface area contributed by atoms with Crippen LogP contribution in [0.25, 0.3) is 0 Å². The van der Waals surface area contributed by atoms with Gasteiger partial charge in [-0.1, -0.05) is 17.9 Å². The van der Waals surface area contributed by atoms with Crippen molar-refractivity contribution in [3.8, 4) is 11.8 Å². The van der Waals surface area contributed by atoms with E-state index in [2.05, 4.69) is 27.2 Å². The number of unbranched alkanes of at least 4 members (excludes halogenated alkanes) is 1. The maximum absolute atomic E-state index is 14.8. The highest BCUT2D eigenvalue weighted by molar-refractivity contribution is 5.97. The van der Waals surface area contributed by atoms with Gasteiger partial charge in [-0.05, 0) is 45.7 Å². The van der Waals surface area contributed by atoms with E-state index in [1.807, 2.05) is 0 Å². The van der Waals surface area contributed by atoms with Crippen molar-refractivity contribution in [2.24, 2.45) is 5.73 Å². The molecule has 0 saturated carbocycles. The monoisotopic (exact) mass is 463 g/mol. The van der Waals surface area contributed by atoms with Gasteiger partial charge in [0.2, 0.25) is 11.8 Å². The van der Waals surface area contributed by atoms with Gasteiger partial charge >= 0.3 is 12.1 Å². The number of esters is 1. The van der Waals surface area contributed by atoms with Gasteiger partial charge in [0, 0.05) is 19.3 Å². The Hall–Kier alpha value is -3.61. The first-order valence-corrected chi connectivity index (χ1v) is 10.4. The number of nitrogens with two attached hydrogens (primary N) is 1. The molecule has 10 heteroatoms. The fourth-order valence-corrected chi connectivity index (χ4v) is 2.53. The van der Waals surface area contributed by atoms with Crippen LogP contribution in [0, 0.1) is 17.7 Å². The number of methoxy groups -OCH3 is 1. The molecule has 0 fully saturated rings. The number of hydrogen-bond donors (Lipinski definition) is 3. The van der Waals surface area contributed by atoms with Gasteiger partial charge in [0.15, 0.2) is 5.82 Å². The van der Waals surface area contributed by atoms with Gasteiger partial charge in [0.1, 0.15) is 11.6 Å². The van der Waals surface area contributed by atoms with Crippen LogP contribution in [-0.4, -0.2) is 42.6 Å². The average molecular weight is 464 g/mol. The molecule has 0 aliphatic carbocycles. The first-order chi connectivity index (χ1) is 15.4. The minimum Gasteiger partial charge on any atom is -0.469 e. The zero-order chi connectivity index (χ0) is 25.0. The Morgan fingerprint density at radius 2 is 1.88 bits per heavy atom. The number of carbonyl (C=O) groups is 4. The summed E-state index contributed by atoms with van der Waals surface area (Å²) in [6.07, 6.45) is -0.0920. The summed E-state index contributed by atoms with van der Waals surface area (Å²) in [5.74, 6) is 2.93. The molecule has 1 rings (SSSR count). The second-order valence-corrected chi connectivity index (χ2v) is 8.09. The molecule has 3 amide bonds. The molecule has 33 heavy (non-hydrogen) atoms. The van der Waals surface area contributed by atoms with Gasteiger partial charge in [-0.25, -0.2) is 9.18 Å². The third kappa shape index (κ3) is 11.0. The van der Waals surface area contributed by atoms with Crippen molar-refractivity contribution >= 4 is 29.6 Å². The minimum absolute atomic E-state index is 0.0552.